The summed E-state index contributed by atoms with van der Waals surface area (Å²) >= 11 is 1.25. The van der Waals surface area contributed by atoms with E-state index < -0.39 is 23.5 Å². The first-order chi connectivity index (χ1) is 21.0. The summed E-state index contributed by atoms with van der Waals surface area (Å²) < 4.78 is 54.7. The maximum atomic E-state index is 14.3. The van der Waals surface area contributed by atoms with Crippen LogP contribution in [0.25, 0.3) is 11.3 Å². The molecule has 5 rings (SSSR count). The Morgan fingerprint density at radius 3 is 2.48 bits per heavy atom. The van der Waals surface area contributed by atoms with Crippen LogP contribution in [0.1, 0.15) is 58.5 Å². The van der Waals surface area contributed by atoms with Gasteiger partial charge in [0.2, 0.25) is 0 Å². The van der Waals surface area contributed by atoms with Crippen LogP contribution in [-0.4, -0.2) is 86.9 Å². The number of carboxylic acid groups (broad SMARTS) is 1. The number of piperazine rings is 1. The zero-order valence-corrected chi connectivity index (χ0v) is 25.1. The lowest BCUT2D eigenvalue weighted by atomic mass is 10.1. The number of Topliss-reactive ketones (excluding diaryl/α,β-unsaturated/α-hetero) is 1. The molecule has 9 nitrogen and oxygen atoms in total. The number of likely N-dealkylation sites (tertiary alicyclic amines) is 1. The van der Waals surface area contributed by atoms with Crippen LogP contribution < -0.4 is 4.90 Å². The predicted molar refractivity (Wildman–Crippen MR) is 157 cm³/mol. The Bertz CT molecular complexity index is 1470. The number of aromatic nitrogens is 3. The van der Waals surface area contributed by atoms with Crippen LogP contribution >= 0.6 is 11.3 Å². The monoisotopic (exact) mass is 634 g/mol. The number of anilines is 1. The molecular formula is C30H34F4N6O3S. The second-order valence-electron chi connectivity index (χ2n) is 11.3. The van der Waals surface area contributed by atoms with Crippen molar-refractivity contribution in [2.24, 2.45) is 0 Å². The van der Waals surface area contributed by atoms with Crippen molar-refractivity contribution < 1.29 is 32.3 Å². The molecule has 0 unspecified atom stereocenters. The number of carbonyl (C=O) groups excluding carboxylic acids is 1. The molecule has 0 aliphatic carbocycles. The summed E-state index contributed by atoms with van der Waals surface area (Å²) in [6.07, 6.45) is 0.902. The van der Waals surface area contributed by atoms with Gasteiger partial charge in [-0.05, 0) is 57.5 Å². The predicted octanol–water partition coefficient (Wildman–Crippen LogP) is 5.15. The topological polar surface area (TPSA) is 103 Å². The summed E-state index contributed by atoms with van der Waals surface area (Å²) in [6.45, 7) is 7.03. The van der Waals surface area contributed by atoms with E-state index in [1.165, 1.54) is 17.5 Å². The van der Waals surface area contributed by atoms with Gasteiger partial charge in [-0.1, -0.05) is 0 Å². The highest BCUT2D eigenvalue weighted by atomic mass is 32.1. The summed E-state index contributed by atoms with van der Waals surface area (Å²) in [6, 6.07) is 2.71. The lowest BCUT2D eigenvalue weighted by molar-refractivity contribution is -0.138. The zero-order valence-electron chi connectivity index (χ0n) is 24.3. The first-order valence-corrected chi connectivity index (χ1v) is 15.4. The molecule has 0 amide bonds. The Labute approximate surface area is 256 Å². The second kappa shape index (κ2) is 13.7. The fourth-order valence-corrected chi connectivity index (χ4v) is 6.74. The Morgan fingerprint density at radius 2 is 1.84 bits per heavy atom. The maximum absolute atomic E-state index is 14.3. The van der Waals surface area contributed by atoms with Crippen molar-refractivity contribution >= 4 is 28.9 Å². The van der Waals surface area contributed by atoms with Gasteiger partial charge in [0.15, 0.2) is 5.78 Å². The number of nitrogens with zero attached hydrogens (tertiary/aromatic N) is 6. The average molecular weight is 635 g/mol. The molecule has 236 valence electrons. The molecule has 44 heavy (non-hydrogen) atoms. The van der Waals surface area contributed by atoms with Gasteiger partial charge < -0.3 is 10.0 Å². The van der Waals surface area contributed by atoms with E-state index in [1.807, 2.05) is 0 Å². The number of ketones is 1. The molecule has 2 aliphatic rings. The lowest BCUT2D eigenvalue weighted by Gasteiger charge is -2.35. The average Bonchev–Trinajstić information content (AvgIpc) is 3.57. The molecule has 1 aromatic carbocycles. The Balaban J connectivity index is 1.28. The van der Waals surface area contributed by atoms with Crippen molar-refractivity contribution in [1.29, 1.82) is 0 Å². The van der Waals surface area contributed by atoms with E-state index in [1.54, 1.807) is 6.20 Å². The van der Waals surface area contributed by atoms with E-state index in [2.05, 4.69) is 36.6 Å². The Hall–Kier alpha value is -3.49. The van der Waals surface area contributed by atoms with E-state index in [-0.39, 0.29) is 35.6 Å². The highest BCUT2D eigenvalue weighted by molar-refractivity contribution is 7.12. The van der Waals surface area contributed by atoms with Crippen molar-refractivity contribution in [2.75, 3.05) is 44.2 Å². The number of thiazole rings is 1. The van der Waals surface area contributed by atoms with Crippen LogP contribution in [0.15, 0.2) is 30.6 Å². The number of alkyl halides is 3. The third-order valence-electron chi connectivity index (χ3n) is 8.07. The Morgan fingerprint density at radius 1 is 1.07 bits per heavy atom. The van der Waals surface area contributed by atoms with Gasteiger partial charge in [0, 0.05) is 55.6 Å². The third kappa shape index (κ3) is 7.96. The number of aliphatic carboxylic acids is 1. The fraction of sp³-hybridized carbons (Fsp3) is 0.500. The molecule has 0 spiro atoms. The van der Waals surface area contributed by atoms with Gasteiger partial charge in [0.25, 0.3) is 0 Å². The van der Waals surface area contributed by atoms with Crippen LogP contribution in [0, 0.1) is 5.82 Å². The summed E-state index contributed by atoms with van der Waals surface area (Å²) in [5.41, 5.74) is -0.656. The van der Waals surface area contributed by atoms with Crippen molar-refractivity contribution in [2.45, 2.75) is 57.8 Å². The molecule has 2 aromatic heterocycles. The number of carbonyl (C=O) groups is 2. The van der Waals surface area contributed by atoms with Crippen LogP contribution in [0.2, 0.25) is 0 Å². The fourth-order valence-electron chi connectivity index (χ4n) is 5.62. The van der Waals surface area contributed by atoms with Crippen molar-refractivity contribution in [3.05, 3.63) is 57.6 Å². The zero-order chi connectivity index (χ0) is 31.4. The SMILES string of the molecule is C[C@@H]1CCCN1Cc1sc(CC(=O)c2cnc(N3CCN(CCCC(=O)O)CC3)cn2)nc1-c1cc(F)cc(C(F)(F)F)c1. The minimum absolute atomic E-state index is 0.0280. The largest absolute Gasteiger partial charge is 0.481 e. The maximum Gasteiger partial charge on any atom is 0.416 e. The smallest absolute Gasteiger partial charge is 0.416 e. The van der Waals surface area contributed by atoms with Gasteiger partial charge in [-0.25, -0.2) is 19.3 Å². The minimum atomic E-state index is -4.71. The second-order valence-corrected chi connectivity index (χ2v) is 12.4. The van der Waals surface area contributed by atoms with Crippen LogP contribution in [0.5, 0.6) is 0 Å². The summed E-state index contributed by atoms with van der Waals surface area (Å²) in [4.78, 5) is 44.4. The quantitative estimate of drug-likeness (QED) is 0.227. The standard InChI is InChI=1S/C30H34F4N6O3S/c1-19-4-2-7-40(19)18-25-29(20-12-21(30(32,33)34)14-22(31)13-20)37-27(44-25)15-24(41)23-16-36-26(17-35-23)39-10-8-38(9-11-39)6-3-5-28(42)43/h12-14,16-17,19H,2-11,15,18H2,1H3,(H,42,43)/t19-/m1/s1. The van der Waals surface area contributed by atoms with Gasteiger partial charge in [-0.2, -0.15) is 13.2 Å². The number of rotatable bonds is 11. The van der Waals surface area contributed by atoms with Gasteiger partial charge in [0.05, 0.1) is 30.1 Å². The number of hydrogen-bond donors (Lipinski definition) is 1. The molecule has 2 aliphatic heterocycles. The molecule has 1 atom stereocenters. The third-order valence-corrected chi connectivity index (χ3v) is 9.11. The summed E-state index contributed by atoms with van der Waals surface area (Å²) in [5.74, 6) is -1.50. The van der Waals surface area contributed by atoms with Crippen molar-refractivity contribution in [3.8, 4) is 11.3 Å². The first kappa shape index (κ1) is 31.9. The molecule has 3 aromatic rings. The first-order valence-electron chi connectivity index (χ1n) is 14.6. The van der Waals surface area contributed by atoms with Crippen molar-refractivity contribution in [1.82, 2.24) is 24.8 Å². The van der Waals surface area contributed by atoms with E-state index in [4.69, 9.17) is 5.11 Å². The molecule has 4 heterocycles. The van der Waals surface area contributed by atoms with E-state index in [0.29, 0.717) is 53.9 Å². The Kier molecular flexibility index (Phi) is 9.90. The summed E-state index contributed by atoms with van der Waals surface area (Å²) in [5, 5.41) is 9.24. The normalized spacial score (nSPS) is 18.2. The number of halogens is 4. The van der Waals surface area contributed by atoms with Gasteiger partial charge in [-0.3, -0.25) is 19.4 Å². The molecule has 1 N–H and O–H groups in total. The van der Waals surface area contributed by atoms with Crippen LogP contribution in [0.4, 0.5) is 23.4 Å². The number of benzene rings is 1. The molecule has 2 fully saturated rings. The molecule has 2 saturated heterocycles. The molecule has 0 bridgehead atoms. The van der Waals surface area contributed by atoms with Crippen LogP contribution in [0.3, 0.4) is 0 Å². The number of carboxylic acids is 1. The van der Waals surface area contributed by atoms with Crippen LogP contribution in [-0.2, 0) is 23.9 Å². The highest BCUT2D eigenvalue weighted by Gasteiger charge is 2.32. The molecule has 14 heteroatoms. The molecular weight excluding hydrogens is 600 g/mol. The molecule has 0 radical (unpaired) electrons. The van der Waals surface area contributed by atoms with Gasteiger partial charge >= 0.3 is 12.1 Å². The van der Waals surface area contributed by atoms with E-state index >= 15 is 0 Å². The van der Waals surface area contributed by atoms with Gasteiger partial charge in [0.1, 0.15) is 22.3 Å². The van der Waals surface area contributed by atoms with E-state index in [9.17, 15) is 27.2 Å². The van der Waals surface area contributed by atoms with Gasteiger partial charge in [-0.15, -0.1) is 11.3 Å². The summed E-state index contributed by atoms with van der Waals surface area (Å²) in [7, 11) is 0. The molecule has 0 saturated carbocycles. The lowest BCUT2D eigenvalue weighted by Crippen LogP contribution is -2.47. The number of hydrogen-bond acceptors (Lipinski definition) is 9. The highest BCUT2D eigenvalue weighted by Crippen LogP contribution is 2.37. The minimum Gasteiger partial charge on any atom is -0.481 e. The van der Waals surface area contributed by atoms with E-state index in [0.717, 1.165) is 51.2 Å². The van der Waals surface area contributed by atoms with Crippen molar-refractivity contribution in [3.63, 3.8) is 0 Å².